The zero-order chi connectivity index (χ0) is 38.1. The van der Waals surface area contributed by atoms with Gasteiger partial charge in [-0.05, 0) is 35.7 Å². The van der Waals surface area contributed by atoms with Gasteiger partial charge in [-0.25, -0.2) is 16.8 Å². The molecule has 0 aliphatic heterocycles. The molecule has 0 aromatic heterocycles. The van der Waals surface area contributed by atoms with Gasteiger partial charge in [0.1, 0.15) is 47.9 Å². The molecule has 0 saturated carbocycles. The Labute approximate surface area is 345 Å². The topological polar surface area (TPSA) is 356 Å². The van der Waals surface area contributed by atoms with Crippen molar-refractivity contribution in [1.82, 2.24) is 0 Å². The summed E-state index contributed by atoms with van der Waals surface area (Å²) in [5.74, 6) is -3.93. The van der Waals surface area contributed by atoms with Crippen LogP contribution in [0.2, 0.25) is 0 Å². The first kappa shape index (κ1) is 43.4. The number of nitrogens with zero attached hydrogens (tertiary/aromatic N) is 8. The van der Waals surface area contributed by atoms with E-state index >= 15 is 0 Å². The third-order valence-corrected chi connectivity index (χ3v) is 8.44. The van der Waals surface area contributed by atoms with Crippen LogP contribution in [-0.4, -0.2) is 56.2 Å². The fraction of sp³-hybridized carbons (Fsp3) is 0. The third kappa shape index (κ3) is 9.55. The van der Waals surface area contributed by atoms with Crippen molar-refractivity contribution >= 4 is 76.5 Å². The van der Waals surface area contributed by atoms with Crippen molar-refractivity contribution in [2.24, 2.45) is 30.7 Å². The van der Waals surface area contributed by atoms with Crippen molar-refractivity contribution in [2.75, 3.05) is 0 Å². The van der Waals surface area contributed by atoms with Gasteiger partial charge in [-0.2, -0.15) is 5.11 Å². The van der Waals surface area contributed by atoms with E-state index in [1.54, 1.807) is 0 Å². The largest absolute Gasteiger partial charge is 1.00 e. The van der Waals surface area contributed by atoms with Crippen LogP contribution in [0.3, 0.4) is 0 Å². The van der Waals surface area contributed by atoms with E-state index < -0.39 is 91.3 Å². The smallest absolute Gasteiger partial charge is 0.744 e. The Kier molecular flexibility index (Phi) is 13.6. The third-order valence-electron chi connectivity index (χ3n) is 6.78. The molecule has 0 atom stereocenters. The van der Waals surface area contributed by atoms with Crippen LogP contribution in [-0.2, 0) is 20.2 Å². The Morgan fingerprint density at radius 1 is 0.556 bits per heavy atom. The number of nitro groups is 2. The van der Waals surface area contributed by atoms with E-state index in [0.29, 0.717) is 12.1 Å². The average Bonchev–Trinajstić information content (AvgIpc) is 3.07. The van der Waals surface area contributed by atoms with Gasteiger partial charge in [-0.1, -0.05) is 12.1 Å². The quantitative estimate of drug-likeness (QED) is 0.0493. The molecule has 0 unspecified atom stereocenters. The Morgan fingerprint density at radius 3 is 1.61 bits per heavy atom. The van der Waals surface area contributed by atoms with Crippen LogP contribution >= 0.6 is 0 Å². The number of phenols is 4. The van der Waals surface area contributed by atoms with Crippen LogP contribution in [0.25, 0.3) is 10.8 Å². The van der Waals surface area contributed by atoms with E-state index in [0.717, 1.165) is 24.3 Å². The molecule has 4 N–H and O–H groups in total. The minimum absolute atomic E-state index is 0. The Morgan fingerprint density at radius 2 is 1.09 bits per heavy atom. The van der Waals surface area contributed by atoms with E-state index in [1.165, 1.54) is 30.3 Å². The summed E-state index contributed by atoms with van der Waals surface area (Å²) in [5, 5.41) is 87.6. The molecule has 0 saturated heterocycles. The van der Waals surface area contributed by atoms with Gasteiger partial charge in [0.2, 0.25) is 0 Å². The summed E-state index contributed by atoms with van der Waals surface area (Å²) in [5.41, 5.74) is -4.36. The summed E-state index contributed by atoms with van der Waals surface area (Å²) in [6.45, 7) is 0. The molecule has 5 aromatic rings. The number of rotatable bonds is 10. The van der Waals surface area contributed by atoms with Crippen molar-refractivity contribution in [3.05, 3.63) is 93.0 Å². The van der Waals surface area contributed by atoms with Crippen LogP contribution in [0.5, 0.6) is 23.0 Å². The predicted octanol–water partition coefficient (Wildman–Crippen LogP) is 0.541. The maximum absolute atomic E-state index is 11.6. The molecule has 0 aliphatic rings. The average molecular weight is 799 g/mol. The summed E-state index contributed by atoms with van der Waals surface area (Å²) in [4.78, 5) is 18.4. The summed E-state index contributed by atoms with van der Waals surface area (Å²) >= 11 is 0. The minimum Gasteiger partial charge on any atom is -0.744 e. The Hall–Kier alpha value is -5.02. The molecule has 5 rings (SSSR count). The monoisotopic (exact) mass is 798 g/mol. The number of aromatic hydroxyl groups is 4. The van der Waals surface area contributed by atoms with Crippen LogP contribution in [0, 0.1) is 20.2 Å². The second kappa shape index (κ2) is 17.0. The van der Waals surface area contributed by atoms with Gasteiger partial charge in [0.25, 0.3) is 11.4 Å². The molecule has 0 aliphatic carbocycles. The van der Waals surface area contributed by atoms with Gasteiger partial charge in [-0.3, -0.25) is 20.2 Å². The zero-order valence-corrected chi connectivity index (χ0v) is 32.8. The molecule has 5 aromatic carbocycles. The normalized spacial score (nSPS) is 11.9. The van der Waals surface area contributed by atoms with E-state index in [2.05, 4.69) is 30.7 Å². The van der Waals surface area contributed by atoms with Crippen molar-refractivity contribution in [2.45, 2.75) is 9.79 Å². The second-order valence-corrected chi connectivity index (χ2v) is 12.9. The summed E-state index contributed by atoms with van der Waals surface area (Å²) in [6.07, 6.45) is 0. The molecule has 0 fully saturated rings. The van der Waals surface area contributed by atoms with Gasteiger partial charge in [0.15, 0.2) is 22.9 Å². The van der Waals surface area contributed by atoms with Crippen molar-refractivity contribution < 1.29 is 115 Å². The maximum atomic E-state index is 11.6. The van der Waals surface area contributed by atoms with E-state index in [9.17, 15) is 66.6 Å². The fourth-order valence-corrected chi connectivity index (χ4v) is 5.50. The number of benzene rings is 5. The molecule has 0 spiro atoms. The van der Waals surface area contributed by atoms with E-state index in [4.69, 9.17) is 0 Å². The summed E-state index contributed by atoms with van der Waals surface area (Å²) in [6, 6.07) is 11.8. The first-order valence-electron chi connectivity index (χ1n) is 13.6. The molecule has 0 radical (unpaired) electrons. The van der Waals surface area contributed by atoms with Crippen molar-refractivity contribution in [3.63, 3.8) is 0 Å². The number of non-ortho nitro benzene ring substituents is 2. The summed E-state index contributed by atoms with van der Waals surface area (Å²) < 4.78 is 69.4. The number of hydrogen-bond donors (Lipinski definition) is 4. The first-order valence-corrected chi connectivity index (χ1v) is 16.4. The van der Waals surface area contributed by atoms with Crippen LogP contribution < -0.4 is 59.1 Å². The molecule has 0 heterocycles. The molecule has 0 bridgehead atoms. The van der Waals surface area contributed by atoms with E-state index in [-0.39, 0.29) is 93.0 Å². The fourth-order valence-electron chi connectivity index (χ4n) is 4.37. The van der Waals surface area contributed by atoms with Gasteiger partial charge >= 0.3 is 59.1 Å². The first-order chi connectivity index (χ1) is 24.3. The minimum atomic E-state index is -5.47. The van der Waals surface area contributed by atoms with Crippen molar-refractivity contribution in [1.29, 1.82) is 0 Å². The molecule has 22 nitrogen and oxygen atoms in total. The molecule has 0 amide bonds. The van der Waals surface area contributed by atoms with Gasteiger partial charge in [0, 0.05) is 30.3 Å². The number of azo groups is 3. The molecule has 54 heavy (non-hydrogen) atoms. The Bertz CT molecular complexity index is 2640. The standard InChI is InChI=1S/C28H18N8O14S2.2Na/c37-22-11-17(51(45,46)47)8-13-2-1-3-18(24(13)22)30-32-20-12-21(33-31-19-9-16(36(43)44)10-23(26(19)38)52(48,49)50)28(40)25(27(20)39)34-29-14-4-6-15(7-5-14)35(41)42;;/h1-12,37-40H,(H,45,46,47)(H,48,49,50);;/q;2*+1/p-2. The van der Waals surface area contributed by atoms with Crippen LogP contribution in [0.4, 0.5) is 45.5 Å². The predicted molar refractivity (Wildman–Crippen MR) is 172 cm³/mol. The molecular formula is C28H16N8Na2O14S2. The SMILES string of the molecule is O=[N+]([O-])c1ccc(N=Nc2c(O)c(N=Nc3cc([N+](=O)[O-])cc(S(=O)(=O)[O-])c3O)cc(N=Nc3cccc4cc(S(=O)(=O)[O-])cc(O)c34)c2O)cc1.[Na+].[Na+]. The molecule has 26 heteroatoms. The number of phenolic OH excluding ortho intramolecular Hbond substituents is 4. The van der Waals surface area contributed by atoms with Gasteiger partial charge in [0.05, 0.1) is 31.5 Å². The number of fused-ring (bicyclic) bond motifs is 1. The zero-order valence-electron chi connectivity index (χ0n) is 27.2. The van der Waals surface area contributed by atoms with Crippen molar-refractivity contribution in [3.8, 4) is 23.0 Å². The number of nitro benzene ring substituents is 2. The summed E-state index contributed by atoms with van der Waals surface area (Å²) in [7, 11) is -10.4. The van der Waals surface area contributed by atoms with E-state index in [1.807, 2.05) is 0 Å². The maximum Gasteiger partial charge on any atom is 1.00 e. The van der Waals surface area contributed by atoms with Gasteiger partial charge in [-0.15, -0.1) is 25.6 Å². The Balaban J connectivity index is 0.00000392. The second-order valence-electron chi connectivity index (χ2n) is 10.1. The molecule has 266 valence electrons. The van der Waals surface area contributed by atoms with Crippen LogP contribution in [0.15, 0.2) is 113 Å². The van der Waals surface area contributed by atoms with Gasteiger partial charge < -0.3 is 29.5 Å². The molecular weight excluding hydrogens is 782 g/mol. The number of hydrogen-bond acceptors (Lipinski definition) is 20. The van der Waals surface area contributed by atoms with Crippen LogP contribution in [0.1, 0.15) is 0 Å².